The second-order valence-corrected chi connectivity index (χ2v) is 16.4. The minimum Gasteiger partial charge on any atom is -0.337 e. The first kappa shape index (κ1) is 24.4. The van der Waals surface area contributed by atoms with Gasteiger partial charge >= 0.3 is 0 Å². The largest absolute Gasteiger partial charge is 0.337 e. The zero-order valence-corrected chi connectivity index (χ0v) is 26.6. The summed E-state index contributed by atoms with van der Waals surface area (Å²) in [6.07, 6.45) is 10.4. The zero-order chi connectivity index (χ0) is 25.4. The van der Waals surface area contributed by atoms with Crippen LogP contribution in [0.1, 0.15) is 65.2 Å². The van der Waals surface area contributed by atoms with E-state index in [1.807, 2.05) is 45.3 Å². The van der Waals surface area contributed by atoms with Gasteiger partial charge in [0.25, 0.3) is 0 Å². The molecule has 0 aliphatic rings. The van der Waals surface area contributed by atoms with Crippen molar-refractivity contribution < 1.29 is 0 Å². The highest BCUT2D eigenvalue weighted by Crippen LogP contribution is 2.55. The topological polar surface area (TPSA) is 9.86 Å². The molecule has 8 rings (SSSR count). The number of nitrogens with zero attached hydrogens (tertiary/aromatic N) is 2. The van der Waals surface area contributed by atoms with Crippen molar-refractivity contribution in [1.29, 1.82) is 0 Å². The van der Waals surface area contributed by atoms with Gasteiger partial charge in [-0.2, -0.15) is 0 Å². The van der Waals surface area contributed by atoms with E-state index in [2.05, 4.69) is 68.5 Å². The van der Waals surface area contributed by atoms with Gasteiger partial charge in [-0.3, -0.25) is 0 Å². The average molecular weight is 611 g/mol. The molecule has 0 bridgehead atoms. The Morgan fingerprint density at radius 3 is 1.29 bits per heavy atom. The van der Waals surface area contributed by atoms with Crippen molar-refractivity contribution in [3.8, 4) is 0 Å². The van der Waals surface area contributed by atoms with Gasteiger partial charge in [0, 0.05) is 22.5 Å². The summed E-state index contributed by atoms with van der Waals surface area (Å²) in [5.41, 5.74) is 6.09. The Morgan fingerprint density at radius 2 is 0.868 bits per heavy atom. The van der Waals surface area contributed by atoms with E-state index < -0.39 is 0 Å². The summed E-state index contributed by atoms with van der Waals surface area (Å²) in [7, 11) is 0. The van der Waals surface area contributed by atoms with E-state index in [1.165, 1.54) is 111 Å². The maximum absolute atomic E-state index is 2.74. The molecule has 0 aromatic carbocycles. The molecular formula is C30H30N2S6. The maximum Gasteiger partial charge on any atom is 0.0792 e. The van der Waals surface area contributed by atoms with E-state index in [-0.39, 0.29) is 0 Å². The first-order valence-electron chi connectivity index (χ1n) is 13.9. The van der Waals surface area contributed by atoms with Crippen LogP contribution in [0.4, 0.5) is 0 Å². The monoisotopic (exact) mass is 610 g/mol. The van der Waals surface area contributed by atoms with Crippen molar-refractivity contribution in [3.63, 3.8) is 0 Å². The van der Waals surface area contributed by atoms with Gasteiger partial charge in [0.05, 0.1) is 59.7 Å². The standard InChI is InChI=1S/C30H30N2S6/c1-3-5-7-9-13-31-19-23-17(11-15-33-23)35-25(19)27-21(31)29-30(37-27)22-28(38-29)26-20(24-18(36-26)12-16-34-24)32(22)14-10-8-6-4-2/h11-12,15-16H,3-10,13-14H2,1-2H3. The van der Waals surface area contributed by atoms with Crippen molar-refractivity contribution in [2.45, 2.75) is 78.3 Å². The number of thiophene rings is 6. The molecule has 0 unspecified atom stereocenters. The van der Waals surface area contributed by atoms with Crippen LogP contribution in [-0.2, 0) is 13.1 Å². The lowest BCUT2D eigenvalue weighted by Crippen LogP contribution is -1.97. The molecule has 0 N–H and O–H groups in total. The second kappa shape index (κ2) is 9.60. The fourth-order valence-electron chi connectivity index (χ4n) is 6.20. The molecule has 0 spiro atoms. The highest BCUT2D eigenvalue weighted by Gasteiger charge is 2.27. The van der Waals surface area contributed by atoms with Crippen molar-refractivity contribution in [2.75, 3.05) is 0 Å². The third-order valence-electron chi connectivity index (χ3n) is 7.98. The Balaban J connectivity index is 1.40. The van der Waals surface area contributed by atoms with Gasteiger partial charge in [0.2, 0.25) is 0 Å². The molecule has 38 heavy (non-hydrogen) atoms. The van der Waals surface area contributed by atoms with Crippen LogP contribution >= 0.6 is 68.0 Å². The molecule has 196 valence electrons. The van der Waals surface area contributed by atoms with Crippen LogP contribution in [0.2, 0.25) is 0 Å². The number of aryl methyl sites for hydroxylation is 2. The predicted octanol–water partition coefficient (Wildman–Crippen LogP) is 12.9. The van der Waals surface area contributed by atoms with Gasteiger partial charge in [-0.15, -0.1) is 68.0 Å². The fraction of sp³-hybridized carbons (Fsp3) is 0.400. The van der Waals surface area contributed by atoms with Crippen molar-refractivity contribution in [2.24, 2.45) is 0 Å². The molecule has 2 nitrogen and oxygen atoms in total. The molecule has 8 heteroatoms. The van der Waals surface area contributed by atoms with E-state index in [4.69, 9.17) is 0 Å². The van der Waals surface area contributed by atoms with Crippen LogP contribution < -0.4 is 0 Å². The van der Waals surface area contributed by atoms with Crippen molar-refractivity contribution >= 4 is 137 Å². The smallest absolute Gasteiger partial charge is 0.0792 e. The molecule has 0 atom stereocenters. The molecule has 8 aromatic heterocycles. The molecular weight excluding hydrogens is 581 g/mol. The number of hydrogen-bond donors (Lipinski definition) is 0. The molecule has 0 radical (unpaired) electrons. The SMILES string of the molecule is CCCCCCn1c2c3sccc3sc2c2sc3c(sc4c5sc6ccsc6c5n(CCCCCC)c43)c21. The number of rotatable bonds is 10. The predicted molar refractivity (Wildman–Crippen MR) is 181 cm³/mol. The summed E-state index contributed by atoms with van der Waals surface area (Å²) < 4.78 is 20.6. The quantitative estimate of drug-likeness (QED) is 0.136. The van der Waals surface area contributed by atoms with Gasteiger partial charge in [-0.25, -0.2) is 0 Å². The van der Waals surface area contributed by atoms with E-state index in [9.17, 15) is 0 Å². The van der Waals surface area contributed by atoms with Crippen molar-refractivity contribution in [1.82, 2.24) is 9.13 Å². The fourth-order valence-corrected chi connectivity index (χ4v) is 14.1. The van der Waals surface area contributed by atoms with Gasteiger partial charge < -0.3 is 9.13 Å². The Kier molecular flexibility index (Phi) is 6.16. The van der Waals surface area contributed by atoms with Gasteiger partial charge in [0.1, 0.15) is 0 Å². The minimum atomic E-state index is 1.14. The third kappa shape index (κ3) is 3.43. The van der Waals surface area contributed by atoms with Crippen LogP contribution in [0.3, 0.4) is 0 Å². The van der Waals surface area contributed by atoms with Gasteiger partial charge in [-0.05, 0) is 35.7 Å². The van der Waals surface area contributed by atoms with E-state index in [0.29, 0.717) is 0 Å². The molecule has 0 aliphatic heterocycles. The van der Waals surface area contributed by atoms with E-state index in [1.54, 1.807) is 9.40 Å². The molecule has 8 aromatic rings. The van der Waals surface area contributed by atoms with Crippen LogP contribution in [0.25, 0.3) is 69.1 Å². The highest BCUT2D eigenvalue weighted by molar-refractivity contribution is 7.42. The van der Waals surface area contributed by atoms with E-state index in [0.717, 1.165) is 13.1 Å². The second-order valence-electron chi connectivity index (χ2n) is 10.4. The first-order valence-corrected chi connectivity index (χ1v) is 19.0. The van der Waals surface area contributed by atoms with Crippen LogP contribution in [0.5, 0.6) is 0 Å². The normalized spacial score (nSPS) is 13.0. The molecule has 0 saturated carbocycles. The van der Waals surface area contributed by atoms with Crippen molar-refractivity contribution in [3.05, 3.63) is 22.9 Å². The summed E-state index contributed by atoms with van der Waals surface area (Å²) in [5.74, 6) is 0. The van der Waals surface area contributed by atoms with Crippen LogP contribution in [0, 0.1) is 0 Å². The van der Waals surface area contributed by atoms with Gasteiger partial charge in [0.15, 0.2) is 0 Å². The molecule has 0 amide bonds. The number of aromatic nitrogens is 2. The number of hydrogen-bond acceptors (Lipinski definition) is 6. The Labute approximate surface area is 245 Å². The Bertz CT molecular complexity index is 1920. The lowest BCUT2D eigenvalue weighted by molar-refractivity contribution is 0.603. The summed E-state index contributed by atoms with van der Waals surface area (Å²) in [5, 5.41) is 4.55. The van der Waals surface area contributed by atoms with Crippen LogP contribution in [0.15, 0.2) is 22.9 Å². The summed E-state index contributed by atoms with van der Waals surface area (Å²) in [6, 6.07) is 4.65. The average Bonchev–Trinajstić information content (AvgIpc) is 3.73. The summed E-state index contributed by atoms with van der Waals surface area (Å²) in [4.78, 5) is 0. The summed E-state index contributed by atoms with van der Waals surface area (Å²) >= 11 is 12.1. The highest BCUT2D eigenvalue weighted by atomic mass is 32.1. The van der Waals surface area contributed by atoms with Gasteiger partial charge in [-0.1, -0.05) is 52.4 Å². The molecule has 0 saturated heterocycles. The zero-order valence-electron chi connectivity index (χ0n) is 21.7. The maximum atomic E-state index is 2.74. The Morgan fingerprint density at radius 1 is 0.474 bits per heavy atom. The third-order valence-corrected chi connectivity index (χ3v) is 15.2. The van der Waals surface area contributed by atoms with Crippen LogP contribution in [-0.4, -0.2) is 9.13 Å². The molecule has 8 heterocycles. The molecule has 0 fully saturated rings. The lowest BCUT2D eigenvalue weighted by atomic mass is 10.2. The minimum absolute atomic E-state index is 1.14. The van der Waals surface area contributed by atoms with E-state index >= 15 is 0 Å². The number of fused-ring (bicyclic) bond motifs is 13. The lowest BCUT2D eigenvalue weighted by Gasteiger charge is -2.07. The summed E-state index contributed by atoms with van der Waals surface area (Å²) in [6.45, 7) is 6.90. The molecule has 0 aliphatic carbocycles. The Hall–Kier alpha value is -1.42. The first-order chi connectivity index (χ1) is 18.8. The number of unbranched alkanes of at least 4 members (excludes halogenated alkanes) is 6.